The van der Waals surface area contributed by atoms with E-state index in [1.165, 1.54) is 26.0 Å². The highest BCUT2D eigenvalue weighted by molar-refractivity contribution is 7.54. The highest BCUT2D eigenvalue weighted by atomic mass is 31.2. The van der Waals surface area contributed by atoms with E-state index in [2.05, 4.69) is 4.98 Å². The van der Waals surface area contributed by atoms with Gasteiger partial charge in [0.2, 0.25) is 0 Å². The Labute approximate surface area is 130 Å². The molecule has 0 radical (unpaired) electrons. The Bertz CT molecular complexity index is 764. The number of hydrogen-bond acceptors (Lipinski definition) is 4. The van der Waals surface area contributed by atoms with Crippen LogP contribution in [-0.2, 0) is 19.3 Å². The summed E-state index contributed by atoms with van der Waals surface area (Å²) >= 11 is 0. The van der Waals surface area contributed by atoms with Gasteiger partial charge < -0.3 is 19.1 Å². The molecule has 1 aromatic carbocycles. The fraction of sp³-hybridized carbons (Fsp3) is 0.357. The Morgan fingerprint density at radius 2 is 1.87 bits per heavy atom. The Morgan fingerprint density at radius 3 is 2.39 bits per heavy atom. The van der Waals surface area contributed by atoms with E-state index in [0.717, 1.165) is 12.1 Å². The third-order valence-electron chi connectivity index (χ3n) is 3.14. The van der Waals surface area contributed by atoms with E-state index in [-0.39, 0.29) is 24.3 Å². The second-order valence-corrected chi connectivity index (χ2v) is 6.74. The van der Waals surface area contributed by atoms with Crippen LogP contribution in [0, 0.1) is 0 Å². The fourth-order valence-corrected chi connectivity index (χ4v) is 3.67. The summed E-state index contributed by atoms with van der Waals surface area (Å²) in [5, 5.41) is 9.18. The number of H-pyrrole nitrogens is 1. The number of carboxylic acids is 1. The van der Waals surface area contributed by atoms with E-state index in [4.69, 9.17) is 14.2 Å². The summed E-state index contributed by atoms with van der Waals surface area (Å²) in [4.78, 5) is 13.5. The second kappa shape index (κ2) is 6.39. The number of carboxylic acid groups (broad SMARTS) is 1. The second-order valence-electron chi connectivity index (χ2n) is 4.66. The SMILES string of the molecule is CCOP(=O)(OCC)C(F)(F)c1ccc2[nH]c(C(=O)O)cc2c1. The minimum atomic E-state index is -4.69. The van der Waals surface area contributed by atoms with Gasteiger partial charge in [-0.15, -0.1) is 0 Å². The minimum Gasteiger partial charge on any atom is -0.477 e. The summed E-state index contributed by atoms with van der Waals surface area (Å²) in [5.41, 5.74) is -4.16. The van der Waals surface area contributed by atoms with Crippen LogP contribution in [0.5, 0.6) is 0 Å². The normalized spacial score (nSPS) is 12.7. The van der Waals surface area contributed by atoms with Gasteiger partial charge in [0.05, 0.1) is 13.2 Å². The average molecular weight is 347 g/mol. The van der Waals surface area contributed by atoms with Crippen molar-refractivity contribution in [2.24, 2.45) is 0 Å². The monoisotopic (exact) mass is 347 g/mol. The highest BCUT2D eigenvalue weighted by Crippen LogP contribution is 2.66. The molecule has 2 rings (SSSR count). The molecule has 126 valence electrons. The van der Waals surface area contributed by atoms with E-state index < -0.39 is 24.8 Å². The lowest BCUT2D eigenvalue weighted by molar-refractivity contribution is 0.0362. The first kappa shape index (κ1) is 17.6. The Morgan fingerprint density at radius 1 is 1.26 bits per heavy atom. The molecule has 0 atom stereocenters. The van der Waals surface area contributed by atoms with Crippen LogP contribution in [0.15, 0.2) is 24.3 Å². The lowest BCUT2D eigenvalue weighted by atomic mass is 10.1. The molecule has 0 saturated carbocycles. The zero-order valence-electron chi connectivity index (χ0n) is 12.5. The Hall–Kier alpha value is -1.76. The van der Waals surface area contributed by atoms with Crippen molar-refractivity contribution in [2.75, 3.05) is 13.2 Å². The number of hydrogen-bond donors (Lipinski definition) is 2. The summed E-state index contributed by atoms with van der Waals surface area (Å²) in [7, 11) is -4.69. The molecule has 0 fully saturated rings. The predicted molar refractivity (Wildman–Crippen MR) is 80.0 cm³/mol. The maximum Gasteiger partial charge on any atom is 0.404 e. The zero-order valence-corrected chi connectivity index (χ0v) is 13.4. The van der Waals surface area contributed by atoms with E-state index in [1.54, 1.807) is 0 Å². The lowest BCUT2D eigenvalue weighted by Gasteiger charge is -2.26. The summed E-state index contributed by atoms with van der Waals surface area (Å²) in [6.07, 6.45) is 0. The molecule has 0 aliphatic rings. The van der Waals surface area contributed by atoms with Gasteiger partial charge >= 0.3 is 19.2 Å². The van der Waals surface area contributed by atoms with Crippen molar-refractivity contribution in [3.05, 3.63) is 35.5 Å². The number of benzene rings is 1. The average Bonchev–Trinajstić information content (AvgIpc) is 2.90. The number of halogens is 2. The molecule has 1 heterocycles. The van der Waals surface area contributed by atoms with Gasteiger partial charge in [-0.3, -0.25) is 4.57 Å². The number of aromatic nitrogens is 1. The molecule has 0 saturated heterocycles. The Balaban J connectivity index is 2.51. The van der Waals surface area contributed by atoms with Gasteiger partial charge in [-0.05, 0) is 32.0 Å². The van der Waals surface area contributed by atoms with Gasteiger partial charge in [0.1, 0.15) is 5.69 Å². The van der Waals surface area contributed by atoms with Crippen molar-refractivity contribution >= 4 is 24.5 Å². The molecule has 0 aliphatic carbocycles. The molecule has 0 amide bonds. The molecular weight excluding hydrogens is 331 g/mol. The number of aromatic amines is 1. The highest BCUT2D eigenvalue weighted by Gasteiger charge is 2.54. The third kappa shape index (κ3) is 3.15. The van der Waals surface area contributed by atoms with Crippen LogP contribution >= 0.6 is 7.60 Å². The van der Waals surface area contributed by atoms with Gasteiger partial charge in [0.25, 0.3) is 0 Å². The number of rotatable bonds is 7. The largest absolute Gasteiger partial charge is 0.477 e. The van der Waals surface area contributed by atoms with Crippen LogP contribution in [0.4, 0.5) is 8.78 Å². The van der Waals surface area contributed by atoms with Crippen molar-refractivity contribution in [3.8, 4) is 0 Å². The van der Waals surface area contributed by atoms with Crippen molar-refractivity contribution in [3.63, 3.8) is 0 Å². The third-order valence-corrected chi connectivity index (χ3v) is 5.28. The van der Waals surface area contributed by atoms with Crippen LogP contribution in [0.1, 0.15) is 29.9 Å². The van der Waals surface area contributed by atoms with Crippen molar-refractivity contribution in [1.82, 2.24) is 4.98 Å². The number of alkyl halides is 2. The number of fused-ring (bicyclic) bond motifs is 1. The van der Waals surface area contributed by atoms with Gasteiger partial charge in [-0.25, -0.2) is 4.79 Å². The quantitative estimate of drug-likeness (QED) is 0.734. The molecule has 0 bridgehead atoms. The molecule has 2 N–H and O–H groups in total. The summed E-state index contributed by atoms with van der Waals surface area (Å²) < 4.78 is 51.1. The maximum absolute atomic E-state index is 14.6. The molecular formula is C14H16F2NO5P. The molecule has 9 heteroatoms. The van der Waals surface area contributed by atoms with Crippen molar-refractivity contribution < 1.29 is 32.3 Å². The standard InChI is InChI=1S/C14H16F2NO5P/c1-3-21-23(20,22-4-2)14(15,16)10-5-6-11-9(7-10)8-12(17-11)13(18)19/h5-8,17H,3-4H2,1-2H3,(H,18,19). The first-order valence-corrected chi connectivity index (χ1v) is 8.43. The van der Waals surface area contributed by atoms with Gasteiger partial charge in [-0.2, -0.15) is 8.78 Å². The topological polar surface area (TPSA) is 88.6 Å². The van der Waals surface area contributed by atoms with Gasteiger partial charge in [0, 0.05) is 16.5 Å². The first-order chi connectivity index (χ1) is 10.7. The smallest absolute Gasteiger partial charge is 0.404 e. The van der Waals surface area contributed by atoms with Crippen LogP contribution in [0.25, 0.3) is 10.9 Å². The summed E-state index contributed by atoms with van der Waals surface area (Å²) in [5.74, 6) is -1.20. The predicted octanol–water partition coefficient (Wildman–Crippen LogP) is 4.18. The molecule has 6 nitrogen and oxygen atoms in total. The van der Waals surface area contributed by atoms with E-state index >= 15 is 0 Å². The molecule has 23 heavy (non-hydrogen) atoms. The van der Waals surface area contributed by atoms with Crippen LogP contribution < -0.4 is 0 Å². The van der Waals surface area contributed by atoms with Crippen molar-refractivity contribution in [2.45, 2.75) is 19.5 Å². The van der Waals surface area contributed by atoms with Crippen molar-refractivity contribution in [1.29, 1.82) is 0 Å². The minimum absolute atomic E-state index is 0.127. The van der Waals surface area contributed by atoms with E-state index in [0.29, 0.717) is 5.52 Å². The van der Waals surface area contributed by atoms with Gasteiger partial charge in [-0.1, -0.05) is 6.07 Å². The van der Waals surface area contributed by atoms with Crippen LogP contribution in [0.2, 0.25) is 0 Å². The lowest BCUT2D eigenvalue weighted by Crippen LogP contribution is -2.18. The summed E-state index contributed by atoms with van der Waals surface area (Å²) in [6.45, 7) is 2.50. The van der Waals surface area contributed by atoms with Gasteiger partial charge in [0.15, 0.2) is 0 Å². The fourth-order valence-electron chi connectivity index (χ4n) is 2.13. The molecule has 2 aromatic rings. The molecule has 1 aromatic heterocycles. The Kier molecular flexibility index (Phi) is 4.89. The molecule has 0 spiro atoms. The number of aromatic carboxylic acids is 1. The van der Waals surface area contributed by atoms with E-state index in [1.807, 2.05) is 0 Å². The summed E-state index contributed by atoms with van der Waals surface area (Å²) in [6, 6.07) is 4.66. The number of carbonyl (C=O) groups is 1. The first-order valence-electron chi connectivity index (χ1n) is 6.88. The van der Waals surface area contributed by atoms with Crippen LogP contribution in [0.3, 0.4) is 0 Å². The molecule has 0 aliphatic heterocycles. The zero-order chi connectivity index (χ0) is 17.3. The van der Waals surface area contributed by atoms with Crippen LogP contribution in [-0.4, -0.2) is 29.3 Å². The molecule has 0 unspecified atom stereocenters. The maximum atomic E-state index is 14.6. The van der Waals surface area contributed by atoms with E-state index in [9.17, 15) is 18.1 Å². The number of nitrogens with one attached hydrogen (secondary N) is 1.